The normalized spacial score (nSPS) is 13.7. The van der Waals surface area contributed by atoms with Crippen LogP contribution < -0.4 is 144 Å². The van der Waals surface area contributed by atoms with Crippen LogP contribution in [0.3, 0.4) is 0 Å². The van der Waals surface area contributed by atoms with E-state index >= 15 is 0 Å². The molecule has 9 aromatic carbocycles. The Kier molecular flexibility index (Phi) is 60.2. The van der Waals surface area contributed by atoms with Gasteiger partial charge in [-0.1, -0.05) is 224 Å². The van der Waals surface area contributed by atoms with E-state index in [2.05, 4.69) is 41.5 Å². The van der Waals surface area contributed by atoms with Crippen LogP contribution in [0.2, 0.25) is 0 Å². The fraction of sp³-hybridized carbons (Fsp3) is 0.438. The van der Waals surface area contributed by atoms with E-state index in [1.54, 1.807) is 72.8 Å². The first kappa shape index (κ1) is 107. The van der Waals surface area contributed by atoms with Crippen LogP contribution in [-0.2, 0) is 105 Å². The van der Waals surface area contributed by atoms with Crippen molar-refractivity contribution in [3.05, 3.63) is 282 Å². The summed E-state index contributed by atoms with van der Waals surface area (Å²) in [5, 5.41) is 72.7. The molecule has 582 valence electrons. The van der Waals surface area contributed by atoms with Crippen LogP contribution in [0.4, 0.5) is 0 Å². The van der Waals surface area contributed by atoms with Gasteiger partial charge in [-0.3, -0.25) is 0 Å². The second kappa shape index (κ2) is 64.1. The second-order valence-electron chi connectivity index (χ2n) is 27.9. The number of ether oxygens (including phenoxy) is 6. The van der Waals surface area contributed by atoms with E-state index in [-0.39, 0.29) is 148 Å². The molecule has 18 heteroatoms. The molecule has 0 unspecified atom stereocenters. The molecular formula is C96H120Li6O12. The zero-order chi connectivity index (χ0) is 76.8. The van der Waals surface area contributed by atoms with Crippen LogP contribution in [-0.4, -0.2) is 79.3 Å². The molecule has 0 bridgehead atoms. The van der Waals surface area contributed by atoms with Crippen molar-refractivity contribution in [1.82, 2.24) is 0 Å². The van der Waals surface area contributed by atoms with Crippen LogP contribution in [0, 0.1) is 0 Å². The Bertz CT molecular complexity index is 3250. The summed E-state index contributed by atoms with van der Waals surface area (Å²) in [5.74, 6) is 0.132. The summed E-state index contributed by atoms with van der Waals surface area (Å²) in [4.78, 5) is 0. The van der Waals surface area contributed by atoms with Crippen LogP contribution in [0.5, 0.6) is 34.5 Å². The molecule has 9 aromatic rings. The molecule has 6 saturated heterocycles. The van der Waals surface area contributed by atoms with Crippen molar-refractivity contribution in [1.29, 1.82) is 0 Å². The van der Waals surface area contributed by atoms with Gasteiger partial charge in [-0.15, -0.1) is 34.5 Å². The number of rotatable bonds is 18. The molecule has 0 atom stereocenters. The van der Waals surface area contributed by atoms with Gasteiger partial charge in [0.25, 0.3) is 0 Å². The third-order valence-corrected chi connectivity index (χ3v) is 19.8. The van der Waals surface area contributed by atoms with E-state index in [1.165, 1.54) is 144 Å². The Morgan fingerprint density at radius 1 is 0.184 bits per heavy atom. The van der Waals surface area contributed by atoms with E-state index in [0.29, 0.717) is 38.5 Å². The maximum absolute atomic E-state index is 12.1. The average Bonchev–Trinajstić information content (AvgIpc) is 1.22. The first-order valence-electron chi connectivity index (χ1n) is 40.2. The summed E-state index contributed by atoms with van der Waals surface area (Å²) in [6.07, 6.45) is 24.7. The minimum absolute atomic E-state index is 0. The third-order valence-electron chi connectivity index (χ3n) is 19.8. The van der Waals surface area contributed by atoms with Gasteiger partial charge in [-0.2, -0.15) is 0 Å². The van der Waals surface area contributed by atoms with E-state index in [0.717, 1.165) is 151 Å². The van der Waals surface area contributed by atoms with Gasteiger partial charge in [0.05, 0.1) is 0 Å². The zero-order valence-electron chi connectivity index (χ0n) is 71.7. The van der Waals surface area contributed by atoms with Gasteiger partial charge in [-0.25, -0.2) is 0 Å². The molecule has 0 aliphatic carbocycles. The third kappa shape index (κ3) is 39.3. The van der Waals surface area contributed by atoms with Crippen molar-refractivity contribution in [2.24, 2.45) is 0 Å². The van der Waals surface area contributed by atoms with Gasteiger partial charge >= 0.3 is 113 Å². The van der Waals surface area contributed by atoms with Crippen molar-refractivity contribution in [3.63, 3.8) is 0 Å². The van der Waals surface area contributed by atoms with Gasteiger partial charge in [-0.05, 0) is 254 Å². The van der Waals surface area contributed by atoms with E-state index in [9.17, 15) is 30.6 Å². The quantitative estimate of drug-likeness (QED) is 0.0977. The fourth-order valence-electron chi connectivity index (χ4n) is 14.6. The predicted molar refractivity (Wildman–Crippen MR) is 428 cm³/mol. The van der Waals surface area contributed by atoms with E-state index < -0.39 is 0 Å². The van der Waals surface area contributed by atoms with Crippen molar-refractivity contribution >= 4 is 0 Å². The molecule has 6 fully saturated rings. The number of hydrogen-bond donors (Lipinski definition) is 0. The predicted octanol–water partition coefficient (Wildman–Crippen LogP) is -0.775. The van der Waals surface area contributed by atoms with Crippen molar-refractivity contribution in [3.8, 4) is 34.5 Å². The Balaban J connectivity index is 0.000000759. The van der Waals surface area contributed by atoms with Gasteiger partial charge in [0.2, 0.25) is 0 Å². The Hall–Kier alpha value is -4.88. The fourth-order valence-corrected chi connectivity index (χ4v) is 14.6. The molecule has 0 radical (unpaired) electrons. The minimum Gasteiger partial charge on any atom is -0.872 e. The largest absolute Gasteiger partial charge is 1.00 e. The number of benzene rings is 9. The minimum atomic E-state index is 0. The zero-order valence-corrected chi connectivity index (χ0v) is 71.7. The summed E-state index contributed by atoms with van der Waals surface area (Å²) < 4.78 is 29.7. The molecule has 6 heterocycles. The molecule has 12 nitrogen and oxygen atoms in total. The smallest absolute Gasteiger partial charge is 0.872 e. The molecule has 6 aliphatic heterocycles. The second-order valence-corrected chi connectivity index (χ2v) is 27.9. The molecule has 0 saturated carbocycles. The Labute approximate surface area is 756 Å². The monoisotopic (exact) mass is 1510 g/mol. The first-order chi connectivity index (χ1) is 52.9. The molecule has 0 N–H and O–H groups in total. The van der Waals surface area contributed by atoms with Crippen LogP contribution in [0.25, 0.3) is 0 Å². The molecule has 0 amide bonds. The summed E-state index contributed by atoms with van der Waals surface area (Å²) in [7, 11) is 0. The first-order valence-corrected chi connectivity index (χ1v) is 40.2. The van der Waals surface area contributed by atoms with Gasteiger partial charge in [0.1, 0.15) is 0 Å². The summed E-state index contributed by atoms with van der Waals surface area (Å²) >= 11 is 0. The van der Waals surface area contributed by atoms with Gasteiger partial charge in [0.15, 0.2) is 0 Å². The summed E-state index contributed by atoms with van der Waals surface area (Å²) in [5.41, 5.74) is 21.7. The molecule has 15 rings (SSSR count). The maximum Gasteiger partial charge on any atom is 1.00 e. The Morgan fingerprint density at radius 2 is 0.307 bits per heavy atom. The maximum atomic E-state index is 12.1. The van der Waals surface area contributed by atoms with Crippen molar-refractivity contribution in [2.45, 2.75) is 196 Å². The van der Waals surface area contributed by atoms with Gasteiger partial charge < -0.3 is 59.1 Å². The molecule has 6 aliphatic rings. The molecule has 0 spiro atoms. The Morgan fingerprint density at radius 3 is 0.395 bits per heavy atom. The van der Waals surface area contributed by atoms with Crippen LogP contribution >= 0.6 is 0 Å². The van der Waals surface area contributed by atoms with Crippen molar-refractivity contribution in [2.75, 3.05) is 79.3 Å². The molecule has 0 aromatic heterocycles. The summed E-state index contributed by atoms with van der Waals surface area (Å²) in [6.45, 7) is 25.1. The standard InChI is InChI=1S/2C33H36O3.C6H6.6C4H8O.6Li/c2*1-4-28-31(19-22-10-7-13-25(34)16-22)29(5-2)33(21-24-12-9-15-27(36)18-24)30(6-3)32(28)20-23-11-8-14-26(35)17-23;1-2-4-6-5-3-1;6*1-2-4-5-3-1;;;;;;/h2*7-18,34-36H,4-6,19-21H2,1-3H3;1-6H;6*1-4H2;;;;;;/q;;;;;;;;;6*+1/p-6. The average molecular weight is 1510 g/mol. The van der Waals surface area contributed by atoms with Crippen LogP contribution in [0.1, 0.15) is 219 Å². The number of hydrogen-bond acceptors (Lipinski definition) is 12. The van der Waals surface area contributed by atoms with E-state index in [4.69, 9.17) is 28.4 Å². The summed E-state index contributed by atoms with van der Waals surface area (Å²) in [6, 6.07) is 55.0. The van der Waals surface area contributed by atoms with Gasteiger partial charge in [0, 0.05) is 79.3 Å². The molecule has 114 heavy (non-hydrogen) atoms. The molecular weight excluding hydrogens is 1390 g/mol. The van der Waals surface area contributed by atoms with Crippen LogP contribution in [0.15, 0.2) is 182 Å². The topological polar surface area (TPSA) is 194 Å². The SMILES string of the molecule is C1CCOC1.C1CCOC1.C1CCOC1.C1CCOC1.C1CCOC1.C1CCOC1.CCc1c(Cc2cccc([O-])c2)c(CC)c(Cc2cccc([O-])c2)c(CC)c1Cc1cccc([O-])c1.CCc1c(Cc2cccc([O-])c2)c(CC)c(Cc2cccc([O-])c2)c(CC)c1Cc1cccc([O-])c1.[Li+].[Li+].[Li+].[Li+].[Li+].[Li+].c1ccccc1. The van der Waals surface area contributed by atoms with E-state index in [1.807, 2.05) is 109 Å². The van der Waals surface area contributed by atoms with Crippen molar-refractivity contribution < 1.29 is 172 Å².